The molecule has 1 aromatic carbocycles. The second kappa shape index (κ2) is 8.42. The quantitative estimate of drug-likeness (QED) is 0.733. The Balaban J connectivity index is 1.96. The molecule has 3 heteroatoms. The fourth-order valence-electron chi connectivity index (χ4n) is 2.17. The number of rotatable bonds is 8. The van der Waals surface area contributed by atoms with Crippen LogP contribution < -0.4 is 10.1 Å². The summed E-state index contributed by atoms with van der Waals surface area (Å²) in [6, 6.07) is 10.3. The third-order valence-electron chi connectivity index (χ3n) is 3.22. The highest BCUT2D eigenvalue weighted by molar-refractivity contribution is 5.33. The molecule has 0 fully saturated rings. The van der Waals surface area contributed by atoms with Gasteiger partial charge in [0.2, 0.25) is 0 Å². The number of benzene rings is 1. The van der Waals surface area contributed by atoms with Crippen molar-refractivity contribution in [1.82, 2.24) is 10.3 Å². The van der Waals surface area contributed by atoms with Crippen LogP contribution in [0.1, 0.15) is 37.8 Å². The number of hydrogen-bond donors (Lipinski definition) is 1. The van der Waals surface area contributed by atoms with Crippen molar-refractivity contribution in [3.63, 3.8) is 0 Å². The van der Waals surface area contributed by atoms with E-state index in [1.165, 1.54) is 5.56 Å². The third kappa shape index (κ3) is 5.20. The van der Waals surface area contributed by atoms with Gasteiger partial charge in [0.15, 0.2) is 0 Å². The molecule has 0 saturated heterocycles. The van der Waals surface area contributed by atoms with Gasteiger partial charge in [0, 0.05) is 12.7 Å². The van der Waals surface area contributed by atoms with Crippen LogP contribution in [-0.4, -0.2) is 11.5 Å². The molecule has 0 unspecified atom stereocenters. The van der Waals surface area contributed by atoms with E-state index in [9.17, 15) is 0 Å². The van der Waals surface area contributed by atoms with Gasteiger partial charge >= 0.3 is 0 Å². The molecule has 0 atom stereocenters. The summed E-state index contributed by atoms with van der Waals surface area (Å²) in [5, 5.41) is 3.37. The van der Waals surface area contributed by atoms with E-state index in [0.717, 1.165) is 49.4 Å². The van der Waals surface area contributed by atoms with Crippen LogP contribution >= 0.6 is 0 Å². The van der Waals surface area contributed by atoms with Crippen molar-refractivity contribution in [2.75, 3.05) is 6.54 Å². The van der Waals surface area contributed by atoms with E-state index in [2.05, 4.69) is 36.3 Å². The normalized spacial score (nSPS) is 10.6. The Kier molecular flexibility index (Phi) is 6.22. The number of hydrogen-bond acceptors (Lipinski definition) is 3. The number of nitrogens with zero attached hydrogens (tertiary/aromatic N) is 1. The SMILES string of the molecule is CCCNCc1cncc(Oc2ccc(CCC)cc2)c1. The van der Waals surface area contributed by atoms with Crippen molar-refractivity contribution < 1.29 is 4.74 Å². The lowest BCUT2D eigenvalue weighted by atomic mass is 10.1. The lowest BCUT2D eigenvalue weighted by Crippen LogP contribution is -2.13. The minimum absolute atomic E-state index is 0.786. The molecule has 2 aromatic rings. The standard InChI is InChI=1S/C18H24N2O/c1-3-5-15-6-8-17(9-7-15)21-18-11-16(13-20-14-18)12-19-10-4-2/h6-9,11,13-14,19H,3-5,10,12H2,1-2H3. The molecule has 21 heavy (non-hydrogen) atoms. The topological polar surface area (TPSA) is 34.2 Å². The maximum absolute atomic E-state index is 5.87. The molecule has 1 N–H and O–H groups in total. The summed E-state index contributed by atoms with van der Waals surface area (Å²) in [6.07, 6.45) is 7.04. The van der Waals surface area contributed by atoms with Crippen molar-refractivity contribution >= 4 is 0 Å². The third-order valence-corrected chi connectivity index (χ3v) is 3.22. The minimum atomic E-state index is 0.786. The monoisotopic (exact) mass is 284 g/mol. The maximum atomic E-state index is 5.87. The smallest absolute Gasteiger partial charge is 0.146 e. The van der Waals surface area contributed by atoms with Crippen LogP contribution in [-0.2, 0) is 13.0 Å². The molecule has 0 aliphatic rings. The summed E-state index contributed by atoms with van der Waals surface area (Å²) in [6.45, 7) is 6.19. The Morgan fingerprint density at radius 2 is 1.76 bits per heavy atom. The zero-order valence-electron chi connectivity index (χ0n) is 12.9. The molecule has 0 aliphatic heterocycles. The van der Waals surface area contributed by atoms with Gasteiger partial charge in [0.05, 0.1) is 6.20 Å². The predicted octanol–water partition coefficient (Wildman–Crippen LogP) is 4.33. The molecule has 0 radical (unpaired) electrons. The summed E-state index contributed by atoms with van der Waals surface area (Å²) in [7, 11) is 0. The van der Waals surface area contributed by atoms with Crippen molar-refractivity contribution in [3.05, 3.63) is 53.9 Å². The van der Waals surface area contributed by atoms with Gasteiger partial charge in [0.1, 0.15) is 11.5 Å². The summed E-state index contributed by atoms with van der Waals surface area (Å²) in [5.74, 6) is 1.64. The highest BCUT2D eigenvalue weighted by Gasteiger charge is 2.01. The lowest BCUT2D eigenvalue weighted by Gasteiger charge is -2.08. The Morgan fingerprint density at radius 1 is 0.952 bits per heavy atom. The van der Waals surface area contributed by atoms with Crippen molar-refractivity contribution in [3.8, 4) is 11.5 Å². The van der Waals surface area contributed by atoms with E-state index in [1.807, 2.05) is 24.4 Å². The maximum Gasteiger partial charge on any atom is 0.146 e. The molecule has 2 rings (SSSR count). The van der Waals surface area contributed by atoms with Gasteiger partial charge in [-0.25, -0.2) is 0 Å². The van der Waals surface area contributed by atoms with Gasteiger partial charge in [-0.1, -0.05) is 32.4 Å². The fraction of sp³-hybridized carbons (Fsp3) is 0.389. The molecule has 0 aliphatic carbocycles. The molecular weight excluding hydrogens is 260 g/mol. The Labute approximate surface area is 127 Å². The molecule has 3 nitrogen and oxygen atoms in total. The van der Waals surface area contributed by atoms with E-state index in [1.54, 1.807) is 6.20 Å². The summed E-state index contributed by atoms with van der Waals surface area (Å²) in [4.78, 5) is 4.24. The van der Waals surface area contributed by atoms with E-state index in [-0.39, 0.29) is 0 Å². The summed E-state index contributed by atoms with van der Waals surface area (Å²) >= 11 is 0. The molecule has 0 saturated carbocycles. The largest absolute Gasteiger partial charge is 0.456 e. The van der Waals surface area contributed by atoms with Gasteiger partial charge in [0.25, 0.3) is 0 Å². The first-order chi connectivity index (χ1) is 10.3. The second-order valence-corrected chi connectivity index (χ2v) is 5.20. The molecule has 0 bridgehead atoms. The van der Waals surface area contributed by atoms with Crippen LogP contribution in [0.4, 0.5) is 0 Å². The van der Waals surface area contributed by atoms with Gasteiger partial charge in [-0.05, 0) is 48.7 Å². The van der Waals surface area contributed by atoms with E-state index in [4.69, 9.17) is 4.74 Å². The highest BCUT2D eigenvalue weighted by atomic mass is 16.5. The first kappa shape index (κ1) is 15.5. The van der Waals surface area contributed by atoms with Crippen LogP contribution in [0.15, 0.2) is 42.7 Å². The van der Waals surface area contributed by atoms with Crippen LogP contribution in [0.3, 0.4) is 0 Å². The van der Waals surface area contributed by atoms with Crippen molar-refractivity contribution in [2.45, 2.75) is 39.7 Å². The summed E-state index contributed by atoms with van der Waals surface area (Å²) in [5.41, 5.74) is 2.49. The van der Waals surface area contributed by atoms with Crippen LogP contribution in [0, 0.1) is 0 Å². The van der Waals surface area contributed by atoms with Gasteiger partial charge in [-0.15, -0.1) is 0 Å². The lowest BCUT2D eigenvalue weighted by molar-refractivity contribution is 0.478. The number of aromatic nitrogens is 1. The predicted molar refractivity (Wildman–Crippen MR) is 86.7 cm³/mol. The number of pyridine rings is 1. The van der Waals surface area contributed by atoms with Gasteiger partial charge in [-0.2, -0.15) is 0 Å². The van der Waals surface area contributed by atoms with Crippen molar-refractivity contribution in [1.29, 1.82) is 0 Å². The molecular formula is C18H24N2O. The number of nitrogens with one attached hydrogen (secondary N) is 1. The summed E-state index contributed by atoms with van der Waals surface area (Å²) < 4.78 is 5.87. The average molecular weight is 284 g/mol. The average Bonchev–Trinajstić information content (AvgIpc) is 2.50. The van der Waals surface area contributed by atoms with Crippen LogP contribution in [0.5, 0.6) is 11.5 Å². The highest BCUT2D eigenvalue weighted by Crippen LogP contribution is 2.22. The van der Waals surface area contributed by atoms with E-state index < -0.39 is 0 Å². The zero-order valence-corrected chi connectivity index (χ0v) is 12.9. The van der Waals surface area contributed by atoms with Crippen molar-refractivity contribution in [2.24, 2.45) is 0 Å². The number of aryl methyl sites for hydroxylation is 1. The van der Waals surface area contributed by atoms with Gasteiger partial charge in [-0.3, -0.25) is 4.98 Å². The molecule has 0 amide bonds. The number of ether oxygens (including phenoxy) is 1. The first-order valence-electron chi connectivity index (χ1n) is 7.73. The molecule has 1 heterocycles. The first-order valence-corrected chi connectivity index (χ1v) is 7.73. The minimum Gasteiger partial charge on any atom is -0.456 e. The molecule has 1 aromatic heterocycles. The Hall–Kier alpha value is -1.87. The van der Waals surface area contributed by atoms with E-state index >= 15 is 0 Å². The molecule has 0 spiro atoms. The van der Waals surface area contributed by atoms with Crippen LogP contribution in [0.2, 0.25) is 0 Å². The second-order valence-electron chi connectivity index (χ2n) is 5.20. The van der Waals surface area contributed by atoms with E-state index in [0.29, 0.717) is 0 Å². The molecule has 112 valence electrons. The Morgan fingerprint density at radius 3 is 2.48 bits per heavy atom. The van der Waals surface area contributed by atoms with Gasteiger partial charge < -0.3 is 10.1 Å². The fourth-order valence-corrected chi connectivity index (χ4v) is 2.17. The van der Waals surface area contributed by atoms with Crippen LogP contribution in [0.25, 0.3) is 0 Å². The zero-order chi connectivity index (χ0) is 14.9. The Bertz CT molecular complexity index is 537.